The van der Waals surface area contributed by atoms with Gasteiger partial charge in [-0.2, -0.15) is 0 Å². The lowest BCUT2D eigenvalue weighted by molar-refractivity contribution is -0.142. The number of nitrogens with one attached hydrogen (secondary N) is 2. The van der Waals surface area contributed by atoms with Crippen molar-refractivity contribution in [2.24, 2.45) is 0 Å². The molecule has 9 heteroatoms. The van der Waals surface area contributed by atoms with Gasteiger partial charge in [-0.05, 0) is 42.2 Å². The number of amides is 3. The van der Waals surface area contributed by atoms with Gasteiger partial charge in [0.1, 0.15) is 6.04 Å². The third kappa shape index (κ3) is 6.35. The highest BCUT2D eigenvalue weighted by Crippen LogP contribution is 2.28. The summed E-state index contributed by atoms with van der Waals surface area (Å²) in [6.07, 6.45) is 3.89. The third-order valence-corrected chi connectivity index (χ3v) is 5.68. The average molecular weight is 468 g/mol. The van der Waals surface area contributed by atoms with Crippen LogP contribution in [-0.2, 0) is 20.8 Å². The quantitative estimate of drug-likeness (QED) is 0.295. The van der Waals surface area contributed by atoms with Crippen LogP contribution in [0.15, 0.2) is 54.6 Å². The zero-order chi connectivity index (χ0) is 24.5. The summed E-state index contributed by atoms with van der Waals surface area (Å²) in [4.78, 5) is 38.9. The number of carbonyl (C=O) groups is 3. The molecule has 1 heterocycles. The first-order valence-corrected chi connectivity index (χ1v) is 10.9. The molecule has 2 atom stereocenters. The van der Waals surface area contributed by atoms with E-state index in [1.165, 1.54) is 11.0 Å². The fourth-order valence-corrected chi connectivity index (χ4v) is 3.96. The van der Waals surface area contributed by atoms with E-state index in [-0.39, 0.29) is 31.2 Å². The first kappa shape index (κ1) is 24.8. The molecule has 34 heavy (non-hydrogen) atoms. The Balaban J connectivity index is 1.61. The number of carbonyl (C=O) groups excluding carboxylic acids is 3. The number of aryl methyl sites for hydroxylation is 1. The Kier molecular flexibility index (Phi) is 8.64. The van der Waals surface area contributed by atoms with Crippen LogP contribution in [0, 0.1) is 0 Å². The second-order valence-electron chi connectivity index (χ2n) is 7.91. The highest BCUT2D eigenvalue weighted by atomic mass is 16.5. The Hall–Kier alpha value is -3.85. The summed E-state index contributed by atoms with van der Waals surface area (Å²) in [5.74, 6) is -0.0955. The summed E-state index contributed by atoms with van der Waals surface area (Å²) < 4.78 is 10.5. The number of ether oxygens (including phenoxy) is 2. The van der Waals surface area contributed by atoms with Gasteiger partial charge in [-0.15, -0.1) is 0 Å². The maximum Gasteiger partial charge on any atom is 0.266 e. The van der Waals surface area contributed by atoms with Gasteiger partial charge < -0.3 is 19.7 Å². The fourth-order valence-electron chi connectivity index (χ4n) is 3.96. The summed E-state index contributed by atoms with van der Waals surface area (Å²) >= 11 is 0. The van der Waals surface area contributed by atoms with Crippen molar-refractivity contribution in [1.82, 2.24) is 15.7 Å². The van der Waals surface area contributed by atoms with E-state index in [0.29, 0.717) is 17.9 Å². The lowest BCUT2D eigenvalue weighted by Gasteiger charge is -2.23. The number of benzene rings is 2. The second kappa shape index (κ2) is 11.9. The van der Waals surface area contributed by atoms with Gasteiger partial charge in [-0.3, -0.25) is 19.6 Å². The molecular weight excluding hydrogens is 438 g/mol. The van der Waals surface area contributed by atoms with Gasteiger partial charge in [-0.25, -0.2) is 5.48 Å². The Morgan fingerprint density at radius 1 is 1.09 bits per heavy atom. The maximum atomic E-state index is 13.0. The molecule has 3 amide bonds. The minimum Gasteiger partial charge on any atom is -0.493 e. The smallest absolute Gasteiger partial charge is 0.266 e. The highest BCUT2D eigenvalue weighted by molar-refractivity contribution is 5.92. The minimum atomic E-state index is -0.869. The van der Waals surface area contributed by atoms with Crippen LogP contribution in [0.2, 0.25) is 0 Å². The number of likely N-dealkylation sites (tertiary alicyclic amines) is 1. The molecule has 9 nitrogen and oxygen atoms in total. The Morgan fingerprint density at radius 2 is 1.82 bits per heavy atom. The van der Waals surface area contributed by atoms with Gasteiger partial charge in [-0.1, -0.05) is 36.4 Å². The topological polar surface area (TPSA) is 117 Å². The molecule has 0 spiro atoms. The summed E-state index contributed by atoms with van der Waals surface area (Å²) in [6, 6.07) is 13.5. The van der Waals surface area contributed by atoms with E-state index in [2.05, 4.69) is 5.32 Å². The van der Waals surface area contributed by atoms with Gasteiger partial charge in [0.05, 0.1) is 14.2 Å². The minimum absolute atomic E-state index is 0.152. The summed E-state index contributed by atoms with van der Waals surface area (Å²) in [6.45, 7) is 0.174. The number of nitrogens with zero attached hydrogens (tertiary/aromatic N) is 1. The van der Waals surface area contributed by atoms with E-state index < -0.39 is 18.0 Å². The van der Waals surface area contributed by atoms with Crippen LogP contribution in [-0.4, -0.2) is 60.7 Å². The zero-order valence-electron chi connectivity index (χ0n) is 19.2. The van der Waals surface area contributed by atoms with E-state index in [1.54, 1.807) is 37.9 Å². The van der Waals surface area contributed by atoms with Gasteiger partial charge in [0.15, 0.2) is 11.5 Å². The molecule has 1 aliphatic heterocycles. The molecule has 0 aliphatic carbocycles. The van der Waals surface area contributed by atoms with Crippen molar-refractivity contribution in [3.05, 3.63) is 65.7 Å². The highest BCUT2D eigenvalue weighted by Gasteiger charge is 2.39. The number of methoxy groups -OCH3 is 2. The van der Waals surface area contributed by atoms with Crippen molar-refractivity contribution < 1.29 is 29.1 Å². The lowest BCUT2D eigenvalue weighted by Crippen LogP contribution is -2.45. The molecule has 3 N–H and O–H groups in total. The molecule has 3 rings (SSSR count). The molecule has 1 fully saturated rings. The van der Waals surface area contributed by atoms with Crippen molar-refractivity contribution in [1.29, 1.82) is 0 Å². The van der Waals surface area contributed by atoms with Crippen LogP contribution >= 0.6 is 0 Å². The second-order valence-corrected chi connectivity index (χ2v) is 7.91. The van der Waals surface area contributed by atoms with Gasteiger partial charge in [0, 0.05) is 25.1 Å². The average Bonchev–Trinajstić information content (AvgIpc) is 3.29. The Bertz CT molecular complexity index is 1040. The molecule has 0 saturated carbocycles. The van der Waals surface area contributed by atoms with E-state index in [0.717, 1.165) is 11.1 Å². The molecule has 0 radical (unpaired) electrons. The number of hydrogen-bond acceptors (Lipinski definition) is 6. The van der Waals surface area contributed by atoms with E-state index in [1.807, 2.05) is 36.4 Å². The predicted molar refractivity (Wildman–Crippen MR) is 125 cm³/mol. The first-order chi connectivity index (χ1) is 16.4. The third-order valence-electron chi connectivity index (χ3n) is 5.68. The molecule has 0 aromatic heterocycles. The monoisotopic (exact) mass is 467 g/mol. The molecule has 180 valence electrons. The van der Waals surface area contributed by atoms with Crippen molar-refractivity contribution >= 4 is 23.8 Å². The summed E-state index contributed by atoms with van der Waals surface area (Å²) in [5, 5.41) is 12.0. The van der Waals surface area contributed by atoms with Crippen LogP contribution in [0.3, 0.4) is 0 Å². The standard InChI is InChI=1S/C25H29N3O6/c1-33-21-11-8-18(14-22(21)34-2)10-13-24(30)28-16-19(15-20(28)25(31)27-32)26-23(29)12-9-17-6-4-3-5-7-17/h3-9,11-12,14,19-20,32H,10,13,15-16H2,1-2H3,(H,26,29)(H,27,31)/b12-9+/t19-,20-/m0/s1. The van der Waals surface area contributed by atoms with Crippen LogP contribution in [0.25, 0.3) is 6.08 Å². The largest absolute Gasteiger partial charge is 0.493 e. The zero-order valence-corrected chi connectivity index (χ0v) is 19.2. The van der Waals surface area contributed by atoms with Crippen LogP contribution in [0.4, 0.5) is 0 Å². The molecule has 2 aromatic carbocycles. The summed E-state index contributed by atoms with van der Waals surface area (Å²) in [5.41, 5.74) is 3.39. The predicted octanol–water partition coefficient (Wildman–Crippen LogP) is 1.94. The molecule has 0 bridgehead atoms. The lowest BCUT2D eigenvalue weighted by atomic mass is 10.1. The molecule has 2 aromatic rings. The fraction of sp³-hybridized carbons (Fsp3) is 0.320. The van der Waals surface area contributed by atoms with Gasteiger partial charge in [0.25, 0.3) is 5.91 Å². The van der Waals surface area contributed by atoms with E-state index >= 15 is 0 Å². The van der Waals surface area contributed by atoms with Crippen LogP contribution in [0.1, 0.15) is 24.0 Å². The first-order valence-electron chi connectivity index (χ1n) is 10.9. The maximum absolute atomic E-state index is 13.0. The van der Waals surface area contributed by atoms with Gasteiger partial charge >= 0.3 is 0 Å². The molecule has 1 saturated heterocycles. The Labute approximate surface area is 198 Å². The normalized spacial score (nSPS) is 17.4. The Morgan fingerprint density at radius 3 is 2.50 bits per heavy atom. The van der Waals surface area contributed by atoms with Crippen molar-refractivity contribution in [2.45, 2.75) is 31.3 Å². The number of hydrogen-bond donors (Lipinski definition) is 3. The van der Waals surface area contributed by atoms with E-state index in [9.17, 15) is 14.4 Å². The van der Waals surface area contributed by atoms with E-state index in [4.69, 9.17) is 14.7 Å². The van der Waals surface area contributed by atoms with Crippen molar-refractivity contribution in [3.63, 3.8) is 0 Å². The van der Waals surface area contributed by atoms with Crippen molar-refractivity contribution in [2.75, 3.05) is 20.8 Å². The molecule has 0 unspecified atom stereocenters. The molecule has 1 aliphatic rings. The van der Waals surface area contributed by atoms with Crippen LogP contribution in [0.5, 0.6) is 11.5 Å². The van der Waals surface area contributed by atoms with Crippen LogP contribution < -0.4 is 20.3 Å². The summed E-state index contributed by atoms with van der Waals surface area (Å²) in [7, 11) is 3.09. The molecular formula is C25H29N3O6. The SMILES string of the molecule is COc1ccc(CCC(=O)N2C[C@@H](NC(=O)/C=C/c3ccccc3)C[C@H]2C(=O)NO)cc1OC. The number of rotatable bonds is 9. The van der Waals surface area contributed by atoms with Crippen molar-refractivity contribution in [3.8, 4) is 11.5 Å². The number of hydroxylamine groups is 1. The van der Waals surface area contributed by atoms with Gasteiger partial charge in [0.2, 0.25) is 11.8 Å².